The number of hydrogen-bond acceptors (Lipinski definition) is 4. The molecule has 1 aromatic carbocycles. The maximum absolute atomic E-state index is 12.2. The van der Waals surface area contributed by atoms with Gasteiger partial charge < -0.3 is 10.1 Å². The zero-order valence-corrected chi connectivity index (χ0v) is 13.3. The van der Waals surface area contributed by atoms with Gasteiger partial charge in [-0.2, -0.15) is 4.98 Å². The van der Waals surface area contributed by atoms with E-state index in [2.05, 4.69) is 15.4 Å². The number of hydrogen-bond donors (Lipinski definition) is 1. The van der Waals surface area contributed by atoms with Crippen molar-refractivity contribution in [2.75, 3.05) is 0 Å². The number of amides is 1. The van der Waals surface area contributed by atoms with Crippen LogP contribution in [-0.4, -0.2) is 32.8 Å². The minimum Gasteiger partial charge on any atom is -0.449 e. The molecule has 1 aliphatic rings. The van der Waals surface area contributed by atoms with E-state index in [1.54, 1.807) is 17.9 Å². The summed E-state index contributed by atoms with van der Waals surface area (Å²) >= 11 is 0. The molecule has 6 heteroatoms. The van der Waals surface area contributed by atoms with E-state index in [0.717, 1.165) is 18.5 Å². The molecule has 1 amide bonds. The van der Waals surface area contributed by atoms with Gasteiger partial charge in [0.05, 0.1) is 5.69 Å². The third-order valence-corrected chi connectivity index (χ3v) is 4.09. The third-order valence-electron chi connectivity index (χ3n) is 4.09. The normalized spacial score (nSPS) is 16.7. The Balaban J connectivity index is 1.56. The molecule has 0 saturated heterocycles. The van der Waals surface area contributed by atoms with Crippen molar-refractivity contribution in [1.29, 1.82) is 0 Å². The average Bonchev–Trinajstić information content (AvgIpc) is 3.05. The molecular weight excluding hydrogens is 292 g/mol. The molecular formula is C17H22N4O2. The van der Waals surface area contributed by atoms with Crippen molar-refractivity contribution < 1.29 is 9.53 Å². The lowest BCUT2D eigenvalue weighted by atomic mass is 9.95. The fourth-order valence-electron chi connectivity index (χ4n) is 2.78. The highest BCUT2D eigenvalue weighted by molar-refractivity contribution is 5.80. The molecule has 3 rings (SSSR count). The molecule has 1 N–H and O–H groups in total. The third kappa shape index (κ3) is 4.09. The maximum atomic E-state index is 12.2. The highest BCUT2D eigenvalue weighted by Crippen LogP contribution is 2.17. The van der Waals surface area contributed by atoms with Crippen molar-refractivity contribution in [2.24, 2.45) is 0 Å². The largest absolute Gasteiger partial charge is 0.449 e. The van der Waals surface area contributed by atoms with Crippen LogP contribution >= 0.6 is 0 Å². The topological polar surface area (TPSA) is 69.0 Å². The standard InChI is InChI=1S/C17H22N4O2/c1-13(16(22)19-14-8-4-2-5-9-14)23-17-18-12-21(20-17)15-10-6-3-7-11-15/h3,6-7,10-14H,2,4-5,8-9H2,1H3,(H,19,22). The van der Waals surface area contributed by atoms with Crippen molar-refractivity contribution >= 4 is 5.91 Å². The molecule has 0 bridgehead atoms. The van der Waals surface area contributed by atoms with Gasteiger partial charge in [-0.3, -0.25) is 4.79 Å². The molecule has 6 nitrogen and oxygen atoms in total. The number of ether oxygens (including phenoxy) is 1. The second kappa shape index (κ2) is 7.26. The van der Waals surface area contributed by atoms with Crippen LogP contribution < -0.4 is 10.1 Å². The molecule has 1 atom stereocenters. The lowest BCUT2D eigenvalue weighted by Gasteiger charge is -2.24. The molecule has 0 spiro atoms. The number of carbonyl (C=O) groups is 1. The molecule has 0 radical (unpaired) electrons. The fraction of sp³-hybridized carbons (Fsp3) is 0.471. The zero-order valence-electron chi connectivity index (χ0n) is 13.3. The Morgan fingerprint density at radius 1 is 1.26 bits per heavy atom. The number of para-hydroxylation sites is 1. The first-order valence-electron chi connectivity index (χ1n) is 8.16. The van der Waals surface area contributed by atoms with Gasteiger partial charge in [-0.25, -0.2) is 4.68 Å². The van der Waals surface area contributed by atoms with Gasteiger partial charge in [0.1, 0.15) is 6.33 Å². The van der Waals surface area contributed by atoms with Gasteiger partial charge in [-0.15, -0.1) is 5.10 Å². The fourth-order valence-corrected chi connectivity index (χ4v) is 2.78. The van der Waals surface area contributed by atoms with Crippen molar-refractivity contribution in [3.63, 3.8) is 0 Å². The molecule has 1 aliphatic carbocycles. The average molecular weight is 314 g/mol. The Morgan fingerprint density at radius 2 is 2.00 bits per heavy atom. The summed E-state index contributed by atoms with van der Waals surface area (Å²) in [7, 11) is 0. The summed E-state index contributed by atoms with van der Waals surface area (Å²) in [5.74, 6) is -0.104. The summed E-state index contributed by atoms with van der Waals surface area (Å²) in [4.78, 5) is 16.3. The van der Waals surface area contributed by atoms with E-state index in [-0.39, 0.29) is 18.0 Å². The van der Waals surface area contributed by atoms with Gasteiger partial charge in [0.15, 0.2) is 6.10 Å². The van der Waals surface area contributed by atoms with Crippen molar-refractivity contribution in [3.8, 4) is 11.7 Å². The van der Waals surface area contributed by atoms with Crippen LogP contribution in [0.1, 0.15) is 39.0 Å². The van der Waals surface area contributed by atoms with Gasteiger partial charge >= 0.3 is 6.01 Å². The SMILES string of the molecule is CC(Oc1ncn(-c2ccccc2)n1)C(=O)NC1CCCCC1. The van der Waals surface area contributed by atoms with Gasteiger partial charge in [-0.1, -0.05) is 37.5 Å². The quantitative estimate of drug-likeness (QED) is 0.920. The van der Waals surface area contributed by atoms with E-state index in [9.17, 15) is 4.79 Å². The summed E-state index contributed by atoms with van der Waals surface area (Å²) in [6.07, 6.45) is 6.71. The summed E-state index contributed by atoms with van der Waals surface area (Å²) in [5.41, 5.74) is 0.897. The molecule has 0 aliphatic heterocycles. The first-order valence-corrected chi connectivity index (χ1v) is 8.16. The first kappa shape index (κ1) is 15.5. The summed E-state index contributed by atoms with van der Waals surface area (Å²) in [6.45, 7) is 1.72. The molecule has 23 heavy (non-hydrogen) atoms. The molecule has 122 valence electrons. The smallest absolute Gasteiger partial charge is 0.336 e. The monoisotopic (exact) mass is 314 g/mol. The van der Waals surface area contributed by atoms with E-state index in [1.165, 1.54) is 19.3 Å². The van der Waals surface area contributed by atoms with Gasteiger partial charge in [0, 0.05) is 6.04 Å². The lowest BCUT2D eigenvalue weighted by Crippen LogP contribution is -2.43. The Hall–Kier alpha value is -2.37. The van der Waals surface area contributed by atoms with Crippen molar-refractivity contribution in [1.82, 2.24) is 20.1 Å². The molecule has 2 aromatic rings. The minimum absolute atomic E-state index is 0.104. The molecule has 1 unspecified atom stereocenters. The van der Waals surface area contributed by atoms with E-state index in [4.69, 9.17) is 4.74 Å². The van der Waals surface area contributed by atoms with Crippen LogP contribution in [0.2, 0.25) is 0 Å². The minimum atomic E-state index is -0.608. The van der Waals surface area contributed by atoms with Crippen molar-refractivity contribution in [2.45, 2.75) is 51.2 Å². The van der Waals surface area contributed by atoms with Crippen LogP contribution in [0.3, 0.4) is 0 Å². The maximum Gasteiger partial charge on any atom is 0.336 e. The lowest BCUT2D eigenvalue weighted by molar-refractivity contribution is -0.128. The number of carbonyl (C=O) groups excluding carboxylic acids is 1. The number of rotatable bonds is 5. The van der Waals surface area contributed by atoms with Gasteiger partial charge in [0.25, 0.3) is 5.91 Å². The Labute approximate surface area is 135 Å². The molecule has 1 fully saturated rings. The van der Waals surface area contributed by atoms with Crippen LogP contribution in [0.5, 0.6) is 6.01 Å². The summed E-state index contributed by atoms with van der Waals surface area (Å²) in [6, 6.07) is 10.1. The number of aromatic nitrogens is 3. The van der Waals surface area contributed by atoms with E-state index >= 15 is 0 Å². The number of nitrogens with zero attached hydrogens (tertiary/aromatic N) is 3. The van der Waals surface area contributed by atoms with Crippen LogP contribution in [0.4, 0.5) is 0 Å². The highest BCUT2D eigenvalue weighted by atomic mass is 16.5. The van der Waals surface area contributed by atoms with Crippen molar-refractivity contribution in [3.05, 3.63) is 36.7 Å². The van der Waals surface area contributed by atoms with Gasteiger partial charge in [-0.05, 0) is 31.9 Å². The zero-order chi connectivity index (χ0) is 16.1. The van der Waals surface area contributed by atoms with E-state index in [1.807, 2.05) is 30.3 Å². The summed E-state index contributed by atoms with van der Waals surface area (Å²) in [5, 5.41) is 7.30. The second-order valence-electron chi connectivity index (χ2n) is 5.91. The predicted molar refractivity (Wildman–Crippen MR) is 86.5 cm³/mol. The van der Waals surface area contributed by atoms with Crippen LogP contribution in [0, 0.1) is 0 Å². The Kier molecular flexibility index (Phi) is 4.90. The Morgan fingerprint density at radius 3 is 2.74 bits per heavy atom. The van der Waals surface area contributed by atoms with E-state index in [0.29, 0.717) is 0 Å². The molecule has 1 saturated carbocycles. The number of nitrogens with one attached hydrogen (secondary N) is 1. The molecule has 1 heterocycles. The van der Waals surface area contributed by atoms with Crippen LogP contribution in [0.15, 0.2) is 36.7 Å². The summed E-state index contributed by atoms with van der Waals surface area (Å²) < 4.78 is 7.19. The van der Waals surface area contributed by atoms with Crippen LogP contribution in [-0.2, 0) is 4.79 Å². The van der Waals surface area contributed by atoms with E-state index < -0.39 is 6.10 Å². The Bertz CT molecular complexity index is 635. The second-order valence-corrected chi connectivity index (χ2v) is 5.91. The number of benzene rings is 1. The molecule has 1 aromatic heterocycles. The van der Waals surface area contributed by atoms with Gasteiger partial charge in [0.2, 0.25) is 0 Å². The predicted octanol–water partition coefficient (Wildman–Crippen LogP) is 2.48. The van der Waals surface area contributed by atoms with Crippen LogP contribution in [0.25, 0.3) is 5.69 Å². The first-order chi connectivity index (χ1) is 11.2. The highest BCUT2D eigenvalue weighted by Gasteiger charge is 2.21.